The summed E-state index contributed by atoms with van der Waals surface area (Å²) in [5.41, 5.74) is 3.57. The van der Waals surface area contributed by atoms with Crippen molar-refractivity contribution in [3.8, 4) is 16.9 Å². The molecule has 0 bridgehead atoms. The molecule has 0 saturated heterocycles. The molecule has 3 aromatic carbocycles. The fraction of sp³-hybridized carbons (Fsp3) is 0.167. The van der Waals surface area contributed by atoms with E-state index < -0.39 is 0 Å². The molecule has 3 rings (SSSR count). The van der Waals surface area contributed by atoms with Crippen LogP contribution in [0.2, 0.25) is 0 Å². The van der Waals surface area contributed by atoms with Crippen LogP contribution in [0.15, 0.2) is 78.9 Å². The average Bonchev–Trinajstić information content (AvgIpc) is 2.75. The van der Waals surface area contributed by atoms with E-state index in [4.69, 9.17) is 4.74 Å². The van der Waals surface area contributed by atoms with E-state index in [1.54, 1.807) is 24.3 Å². The Labute approximate surface area is 170 Å². The number of benzene rings is 3. The molecule has 0 spiro atoms. The van der Waals surface area contributed by atoms with Crippen LogP contribution in [-0.4, -0.2) is 18.4 Å². The summed E-state index contributed by atoms with van der Waals surface area (Å²) in [6, 6.07) is 24.7. The Kier molecular flexibility index (Phi) is 7.00. The van der Waals surface area contributed by atoms with Crippen LogP contribution in [0.3, 0.4) is 0 Å². The Morgan fingerprint density at radius 3 is 1.86 bits per heavy atom. The van der Waals surface area contributed by atoms with Crippen molar-refractivity contribution in [3.63, 3.8) is 0 Å². The molecule has 3 aromatic rings. The van der Waals surface area contributed by atoms with Crippen molar-refractivity contribution in [2.45, 2.75) is 19.8 Å². The zero-order valence-electron chi connectivity index (χ0n) is 16.4. The van der Waals surface area contributed by atoms with E-state index in [9.17, 15) is 9.59 Å². The van der Waals surface area contributed by atoms with Crippen molar-refractivity contribution in [3.05, 3.63) is 78.9 Å². The van der Waals surface area contributed by atoms with Gasteiger partial charge in [-0.2, -0.15) is 0 Å². The van der Waals surface area contributed by atoms with Crippen LogP contribution < -0.4 is 15.4 Å². The van der Waals surface area contributed by atoms with E-state index in [0.29, 0.717) is 23.5 Å². The zero-order chi connectivity index (χ0) is 20.5. The molecule has 148 valence electrons. The molecule has 2 N–H and O–H groups in total. The summed E-state index contributed by atoms with van der Waals surface area (Å²) < 4.78 is 5.57. The summed E-state index contributed by atoms with van der Waals surface area (Å²) in [7, 11) is 0. The Balaban J connectivity index is 1.48. The molecular formula is C24H24N2O3. The minimum Gasteiger partial charge on any atom is -0.484 e. The van der Waals surface area contributed by atoms with Crippen molar-refractivity contribution in [1.29, 1.82) is 0 Å². The fourth-order valence-electron chi connectivity index (χ4n) is 2.81. The number of hydrogen-bond acceptors (Lipinski definition) is 3. The van der Waals surface area contributed by atoms with Gasteiger partial charge < -0.3 is 15.4 Å². The second-order valence-electron chi connectivity index (χ2n) is 6.60. The molecule has 2 amide bonds. The number of anilines is 2. The molecule has 29 heavy (non-hydrogen) atoms. The number of ether oxygens (including phenoxy) is 1. The third-order valence-electron chi connectivity index (χ3n) is 4.26. The Morgan fingerprint density at radius 2 is 1.28 bits per heavy atom. The number of nitrogens with one attached hydrogen (secondary N) is 2. The van der Waals surface area contributed by atoms with Crippen LogP contribution in [0.25, 0.3) is 11.1 Å². The van der Waals surface area contributed by atoms with E-state index in [-0.39, 0.29) is 18.4 Å². The van der Waals surface area contributed by atoms with Gasteiger partial charge in [-0.3, -0.25) is 9.59 Å². The third kappa shape index (κ3) is 6.21. The third-order valence-corrected chi connectivity index (χ3v) is 4.26. The van der Waals surface area contributed by atoms with Crippen molar-refractivity contribution in [1.82, 2.24) is 0 Å². The molecule has 0 fully saturated rings. The van der Waals surface area contributed by atoms with Gasteiger partial charge in [-0.25, -0.2) is 0 Å². The zero-order valence-corrected chi connectivity index (χ0v) is 16.4. The second-order valence-corrected chi connectivity index (χ2v) is 6.60. The molecular weight excluding hydrogens is 364 g/mol. The van der Waals surface area contributed by atoms with Crippen LogP contribution in [-0.2, 0) is 9.59 Å². The molecule has 0 heterocycles. The number of rotatable bonds is 8. The maximum atomic E-state index is 12.1. The number of amides is 2. The van der Waals surface area contributed by atoms with Crippen molar-refractivity contribution in [2.24, 2.45) is 0 Å². The van der Waals surface area contributed by atoms with Gasteiger partial charge in [0.2, 0.25) is 5.91 Å². The maximum absolute atomic E-state index is 12.1. The Hall–Kier alpha value is -3.60. The highest BCUT2D eigenvalue weighted by atomic mass is 16.5. The largest absolute Gasteiger partial charge is 0.484 e. The van der Waals surface area contributed by atoms with Crippen molar-refractivity contribution in [2.75, 3.05) is 17.2 Å². The number of hydrogen-bond donors (Lipinski definition) is 2. The first-order valence-electron chi connectivity index (χ1n) is 9.62. The number of carbonyl (C=O) groups excluding carboxylic acids is 2. The molecule has 0 saturated carbocycles. The van der Waals surface area contributed by atoms with Crippen molar-refractivity contribution < 1.29 is 14.3 Å². The Morgan fingerprint density at radius 1 is 0.724 bits per heavy atom. The summed E-state index contributed by atoms with van der Waals surface area (Å²) in [6.07, 6.45) is 1.29. The van der Waals surface area contributed by atoms with E-state index in [2.05, 4.69) is 10.6 Å². The van der Waals surface area contributed by atoms with Crippen LogP contribution in [0.4, 0.5) is 11.4 Å². The summed E-state index contributed by atoms with van der Waals surface area (Å²) >= 11 is 0. The highest BCUT2D eigenvalue weighted by molar-refractivity contribution is 5.93. The summed E-state index contributed by atoms with van der Waals surface area (Å²) in [5, 5.41) is 5.59. The molecule has 5 heteroatoms. The van der Waals surface area contributed by atoms with Crippen LogP contribution in [0.1, 0.15) is 19.8 Å². The summed E-state index contributed by atoms with van der Waals surface area (Å²) in [5.74, 6) is 0.365. The SMILES string of the molecule is CCCC(=O)Nc1ccc(NC(=O)COc2ccc(-c3ccccc3)cc2)cc1. The Bertz CT molecular complexity index is 936. The van der Waals surface area contributed by atoms with Gasteiger partial charge in [0.1, 0.15) is 5.75 Å². The summed E-state index contributed by atoms with van der Waals surface area (Å²) in [6.45, 7) is 1.87. The second kappa shape index (κ2) is 10.1. The van der Waals surface area contributed by atoms with Crippen LogP contribution >= 0.6 is 0 Å². The molecule has 0 aliphatic rings. The minimum atomic E-state index is -0.250. The van der Waals surface area contributed by atoms with Gasteiger partial charge in [-0.05, 0) is 53.9 Å². The smallest absolute Gasteiger partial charge is 0.262 e. The first-order valence-corrected chi connectivity index (χ1v) is 9.62. The fourth-order valence-corrected chi connectivity index (χ4v) is 2.81. The van der Waals surface area contributed by atoms with Gasteiger partial charge >= 0.3 is 0 Å². The van der Waals surface area contributed by atoms with Gasteiger partial charge in [-0.1, -0.05) is 49.4 Å². The van der Waals surface area contributed by atoms with Gasteiger partial charge in [-0.15, -0.1) is 0 Å². The normalized spacial score (nSPS) is 10.2. The van der Waals surface area contributed by atoms with E-state index in [1.165, 1.54) is 0 Å². The van der Waals surface area contributed by atoms with Crippen molar-refractivity contribution >= 4 is 23.2 Å². The highest BCUT2D eigenvalue weighted by Gasteiger charge is 2.06. The monoisotopic (exact) mass is 388 g/mol. The molecule has 0 aliphatic carbocycles. The molecule has 0 aliphatic heterocycles. The van der Waals surface area contributed by atoms with Crippen LogP contribution in [0.5, 0.6) is 5.75 Å². The predicted octanol–water partition coefficient (Wildman–Crippen LogP) is 5.11. The van der Waals surface area contributed by atoms with Gasteiger partial charge in [0.15, 0.2) is 6.61 Å². The number of carbonyl (C=O) groups is 2. The molecule has 0 atom stereocenters. The minimum absolute atomic E-state index is 0.0176. The van der Waals surface area contributed by atoms with E-state index in [1.807, 2.05) is 61.5 Å². The average molecular weight is 388 g/mol. The lowest BCUT2D eigenvalue weighted by Crippen LogP contribution is -2.20. The lowest BCUT2D eigenvalue weighted by molar-refractivity contribution is -0.118. The molecule has 0 unspecified atom stereocenters. The standard InChI is InChI=1S/C24H24N2O3/c1-2-6-23(27)25-20-11-13-21(14-12-20)26-24(28)17-29-22-15-9-19(10-16-22)18-7-4-3-5-8-18/h3-5,7-16H,2,6,17H2,1H3,(H,25,27)(H,26,28). The van der Waals surface area contributed by atoms with E-state index >= 15 is 0 Å². The summed E-state index contributed by atoms with van der Waals surface area (Å²) in [4.78, 5) is 23.7. The molecule has 5 nitrogen and oxygen atoms in total. The highest BCUT2D eigenvalue weighted by Crippen LogP contribution is 2.22. The topological polar surface area (TPSA) is 67.4 Å². The van der Waals surface area contributed by atoms with E-state index in [0.717, 1.165) is 17.5 Å². The van der Waals surface area contributed by atoms with Crippen LogP contribution in [0, 0.1) is 0 Å². The van der Waals surface area contributed by atoms with Gasteiger partial charge in [0.05, 0.1) is 0 Å². The quantitative estimate of drug-likeness (QED) is 0.563. The molecule has 0 radical (unpaired) electrons. The predicted molar refractivity (Wildman–Crippen MR) is 116 cm³/mol. The van der Waals surface area contributed by atoms with Gasteiger partial charge in [0.25, 0.3) is 5.91 Å². The maximum Gasteiger partial charge on any atom is 0.262 e. The molecule has 0 aromatic heterocycles. The van der Waals surface area contributed by atoms with Gasteiger partial charge in [0, 0.05) is 17.8 Å². The lowest BCUT2D eigenvalue weighted by atomic mass is 10.1. The first kappa shape index (κ1) is 20.1. The first-order chi connectivity index (χ1) is 14.1. The lowest BCUT2D eigenvalue weighted by Gasteiger charge is -2.09.